The van der Waals surface area contributed by atoms with Gasteiger partial charge in [-0.1, -0.05) is 36.4 Å². The van der Waals surface area contributed by atoms with Gasteiger partial charge in [-0.2, -0.15) is 0 Å². The van der Waals surface area contributed by atoms with Gasteiger partial charge < -0.3 is 9.47 Å². The lowest BCUT2D eigenvalue weighted by atomic mass is 10.0. The number of hydrogen-bond donors (Lipinski definition) is 0. The van der Waals surface area contributed by atoms with Crippen LogP contribution in [-0.4, -0.2) is 5.79 Å². The van der Waals surface area contributed by atoms with Crippen molar-refractivity contribution < 1.29 is 9.47 Å². The molecule has 0 saturated carbocycles. The van der Waals surface area contributed by atoms with E-state index in [4.69, 9.17) is 9.47 Å². The molecule has 1 heterocycles. The third-order valence-electron chi connectivity index (χ3n) is 2.78. The minimum absolute atomic E-state index is 0.650. The molecular formula is C15H14O2. The van der Waals surface area contributed by atoms with Gasteiger partial charge in [-0.15, -0.1) is 0 Å². The molecule has 0 saturated heterocycles. The van der Waals surface area contributed by atoms with E-state index >= 15 is 0 Å². The Morgan fingerprint density at radius 1 is 0.706 bits per heavy atom. The highest BCUT2D eigenvalue weighted by Crippen LogP contribution is 2.41. The molecule has 0 amide bonds. The molecule has 1 aliphatic rings. The van der Waals surface area contributed by atoms with E-state index in [2.05, 4.69) is 12.1 Å². The maximum atomic E-state index is 5.90. The lowest BCUT2D eigenvalue weighted by Gasteiger charge is -2.25. The molecule has 0 spiro atoms. The van der Waals surface area contributed by atoms with Crippen molar-refractivity contribution in [3.63, 3.8) is 0 Å². The van der Waals surface area contributed by atoms with E-state index in [1.54, 1.807) is 0 Å². The van der Waals surface area contributed by atoms with Crippen LogP contribution in [-0.2, 0) is 0 Å². The smallest absolute Gasteiger partial charge is 0.245 e. The number of benzene rings is 2. The monoisotopic (exact) mass is 226 g/mol. The summed E-state index contributed by atoms with van der Waals surface area (Å²) in [5.74, 6) is 1.08. The summed E-state index contributed by atoms with van der Waals surface area (Å²) in [4.78, 5) is 0. The van der Waals surface area contributed by atoms with E-state index in [0.717, 1.165) is 22.6 Å². The molecule has 2 aromatic rings. The molecule has 0 unspecified atom stereocenters. The molecule has 86 valence electrons. The Balaban J connectivity index is 2.28. The van der Waals surface area contributed by atoms with E-state index in [1.807, 2.05) is 50.2 Å². The highest BCUT2D eigenvalue weighted by molar-refractivity contribution is 5.76. The van der Waals surface area contributed by atoms with Crippen LogP contribution in [0.4, 0.5) is 0 Å². The van der Waals surface area contributed by atoms with Gasteiger partial charge in [0.25, 0.3) is 0 Å². The second-order valence-corrected chi connectivity index (χ2v) is 4.60. The Labute approximate surface area is 101 Å². The van der Waals surface area contributed by atoms with Gasteiger partial charge in [0.15, 0.2) is 0 Å². The summed E-state index contributed by atoms with van der Waals surface area (Å²) in [6.45, 7) is 3.84. The molecule has 2 heteroatoms. The lowest BCUT2D eigenvalue weighted by molar-refractivity contribution is -0.0778. The topological polar surface area (TPSA) is 18.5 Å². The first kappa shape index (κ1) is 10.2. The fraction of sp³-hybridized carbons (Fsp3) is 0.200. The molecule has 0 fully saturated rings. The molecule has 2 nitrogen and oxygen atoms in total. The lowest BCUT2D eigenvalue weighted by Crippen LogP contribution is -2.34. The number of ether oxygens (including phenoxy) is 2. The maximum Gasteiger partial charge on any atom is 0.245 e. The molecule has 0 bridgehead atoms. The van der Waals surface area contributed by atoms with Gasteiger partial charge >= 0.3 is 0 Å². The van der Waals surface area contributed by atoms with Gasteiger partial charge in [-0.25, -0.2) is 0 Å². The van der Waals surface area contributed by atoms with E-state index < -0.39 is 5.79 Å². The van der Waals surface area contributed by atoms with Crippen LogP contribution in [0, 0.1) is 0 Å². The van der Waals surface area contributed by atoms with Crippen LogP contribution in [0.15, 0.2) is 48.5 Å². The molecular weight excluding hydrogens is 212 g/mol. The van der Waals surface area contributed by atoms with Crippen molar-refractivity contribution in [3.05, 3.63) is 48.5 Å². The zero-order chi connectivity index (χ0) is 11.9. The summed E-state index contributed by atoms with van der Waals surface area (Å²) in [7, 11) is 0. The van der Waals surface area contributed by atoms with Crippen molar-refractivity contribution in [1.29, 1.82) is 0 Å². The third kappa shape index (κ3) is 1.76. The van der Waals surface area contributed by atoms with Gasteiger partial charge in [0.05, 0.1) is 0 Å². The van der Waals surface area contributed by atoms with Crippen molar-refractivity contribution in [3.8, 4) is 22.6 Å². The summed E-state index contributed by atoms with van der Waals surface area (Å²) in [5.41, 5.74) is 2.15. The van der Waals surface area contributed by atoms with Crippen LogP contribution in [0.1, 0.15) is 13.8 Å². The van der Waals surface area contributed by atoms with Crippen LogP contribution >= 0.6 is 0 Å². The van der Waals surface area contributed by atoms with E-state index in [9.17, 15) is 0 Å². The fourth-order valence-corrected chi connectivity index (χ4v) is 2.11. The average molecular weight is 226 g/mol. The van der Waals surface area contributed by atoms with Crippen LogP contribution in [0.2, 0.25) is 0 Å². The first-order chi connectivity index (χ1) is 8.16. The van der Waals surface area contributed by atoms with Crippen molar-refractivity contribution in [1.82, 2.24) is 0 Å². The zero-order valence-electron chi connectivity index (χ0n) is 9.94. The second-order valence-electron chi connectivity index (χ2n) is 4.60. The Morgan fingerprint density at radius 3 is 1.59 bits per heavy atom. The first-order valence-corrected chi connectivity index (χ1v) is 5.72. The van der Waals surface area contributed by atoms with E-state index in [1.165, 1.54) is 0 Å². The summed E-state index contributed by atoms with van der Waals surface area (Å²) in [6, 6.07) is 16.0. The SMILES string of the molecule is CC1(C)Oc2ccccc2-c2ccccc2O1. The minimum atomic E-state index is -0.650. The van der Waals surface area contributed by atoms with Gasteiger partial charge in [0.2, 0.25) is 5.79 Å². The normalized spacial score (nSPS) is 15.9. The molecule has 1 aliphatic heterocycles. The predicted molar refractivity (Wildman–Crippen MR) is 67.2 cm³/mol. The Bertz CT molecular complexity index is 509. The quantitative estimate of drug-likeness (QED) is 0.679. The summed E-state index contributed by atoms with van der Waals surface area (Å²) < 4.78 is 11.8. The molecule has 0 N–H and O–H groups in total. The molecule has 3 rings (SSSR count). The molecule has 0 atom stereocenters. The highest BCUT2D eigenvalue weighted by Gasteiger charge is 2.28. The van der Waals surface area contributed by atoms with Gasteiger partial charge in [0.1, 0.15) is 11.5 Å². The van der Waals surface area contributed by atoms with Crippen molar-refractivity contribution in [2.75, 3.05) is 0 Å². The van der Waals surface area contributed by atoms with Crippen LogP contribution in [0.25, 0.3) is 11.1 Å². The first-order valence-electron chi connectivity index (χ1n) is 5.72. The molecule has 17 heavy (non-hydrogen) atoms. The average Bonchev–Trinajstić information content (AvgIpc) is 2.40. The molecule has 0 radical (unpaired) electrons. The van der Waals surface area contributed by atoms with Gasteiger partial charge in [-0.05, 0) is 12.1 Å². The Morgan fingerprint density at radius 2 is 1.12 bits per heavy atom. The Kier molecular flexibility index (Phi) is 2.11. The van der Waals surface area contributed by atoms with E-state index in [-0.39, 0.29) is 0 Å². The van der Waals surface area contributed by atoms with Gasteiger partial charge in [-0.3, -0.25) is 0 Å². The number of para-hydroxylation sites is 2. The molecule has 0 aliphatic carbocycles. The number of rotatable bonds is 0. The van der Waals surface area contributed by atoms with Crippen LogP contribution < -0.4 is 9.47 Å². The standard InChI is InChI=1S/C15H14O2/c1-15(2)16-13-9-5-3-7-11(13)12-8-4-6-10-14(12)17-15/h3-10H,1-2H3. The van der Waals surface area contributed by atoms with Crippen molar-refractivity contribution in [2.24, 2.45) is 0 Å². The van der Waals surface area contributed by atoms with Gasteiger partial charge in [0, 0.05) is 25.0 Å². The minimum Gasteiger partial charge on any atom is -0.452 e. The molecule has 0 aromatic heterocycles. The maximum absolute atomic E-state index is 5.90. The summed E-state index contributed by atoms with van der Waals surface area (Å²) >= 11 is 0. The highest BCUT2D eigenvalue weighted by atomic mass is 16.7. The van der Waals surface area contributed by atoms with Crippen molar-refractivity contribution in [2.45, 2.75) is 19.6 Å². The number of hydrogen-bond acceptors (Lipinski definition) is 2. The Hall–Kier alpha value is -1.96. The van der Waals surface area contributed by atoms with E-state index in [0.29, 0.717) is 0 Å². The second kappa shape index (κ2) is 3.52. The third-order valence-corrected chi connectivity index (χ3v) is 2.78. The number of fused-ring (bicyclic) bond motifs is 3. The van der Waals surface area contributed by atoms with Crippen LogP contribution in [0.3, 0.4) is 0 Å². The van der Waals surface area contributed by atoms with Crippen molar-refractivity contribution >= 4 is 0 Å². The zero-order valence-corrected chi connectivity index (χ0v) is 9.94. The summed E-state index contributed by atoms with van der Waals surface area (Å²) in [5, 5.41) is 0. The largest absolute Gasteiger partial charge is 0.452 e. The molecule has 2 aromatic carbocycles. The fourth-order valence-electron chi connectivity index (χ4n) is 2.11. The van der Waals surface area contributed by atoms with Crippen LogP contribution in [0.5, 0.6) is 11.5 Å². The summed E-state index contributed by atoms with van der Waals surface area (Å²) in [6.07, 6.45) is 0. The predicted octanol–water partition coefficient (Wildman–Crippen LogP) is 3.86.